The van der Waals surface area contributed by atoms with Gasteiger partial charge in [0, 0.05) is 18.3 Å². The van der Waals surface area contributed by atoms with Crippen LogP contribution in [0.4, 0.5) is 23.1 Å². The van der Waals surface area contributed by atoms with Crippen LogP contribution in [0.3, 0.4) is 0 Å². The number of imidazole rings is 1. The second-order valence-electron chi connectivity index (χ2n) is 8.02. The van der Waals surface area contributed by atoms with Gasteiger partial charge in [-0.25, -0.2) is 13.4 Å². The summed E-state index contributed by atoms with van der Waals surface area (Å²) >= 11 is 0. The fourth-order valence-corrected chi connectivity index (χ4v) is 4.90. The third-order valence-corrected chi connectivity index (χ3v) is 6.34. The largest absolute Gasteiger partial charge is 0.362 e. The standard InChI is InChI=1S/C19H24N8O2S/c1-30(28,29)26-14-4-2-3-13(9-14)22-19-24-17-16(20-11-21-17)18(25-19)23-15-10-27-7-5-12(15)6-8-27/h2-4,9,11-12,15,26H,5-8,10H2,1H3,(H3,20,21,22,23,24,25)/p+1. The number of piperidine rings is 3. The molecule has 0 saturated carbocycles. The molecule has 2 bridgehead atoms. The van der Waals surface area contributed by atoms with E-state index < -0.39 is 10.0 Å². The number of nitrogens with zero attached hydrogens (tertiary/aromatic N) is 3. The lowest BCUT2D eigenvalue weighted by atomic mass is 9.84. The van der Waals surface area contributed by atoms with Crippen LogP contribution in [0, 0.1) is 5.92 Å². The number of H-pyrrole nitrogens is 2. The molecule has 158 valence electrons. The molecule has 5 N–H and O–H groups in total. The SMILES string of the molecule is CS(=O)(=O)Nc1cccc(Nc2nc(NC3CN4CCC3CC4)c3[nH]c[nH+]c3n2)c1. The van der Waals surface area contributed by atoms with Crippen molar-refractivity contribution in [1.82, 2.24) is 19.9 Å². The van der Waals surface area contributed by atoms with Gasteiger partial charge in [-0.05, 0) is 50.0 Å². The number of anilines is 4. The van der Waals surface area contributed by atoms with Crippen molar-refractivity contribution in [2.45, 2.75) is 18.9 Å². The molecule has 0 radical (unpaired) electrons. The van der Waals surface area contributed by atoms with Crippen LogP contribution in [0.15, 0.2) is 30.6 Å². The van der Waals surface area contributed by atoms with Crippen molar-refractivity contribution in [3.8, 4) is 0 Å². The molecule has 3 saturated heterocycles. The van der Waals surface area contributed by atoms with Gasteiger partial charge in [0.2, 0.25) is 15.5 Å². The molecule has 1 atom stereocenters. The molecule has 6 rings (SSSR count). The number of fused-ring (bicyclic) bond motifs is 4. The minimum Gasteiger partial charge on any atom is -0.362 e. The fraction of sp³-hybridized carbons (Fsp3) is 0.421. The van der Waals surface area contributed by atoms with E-state index >= 15 is 0 Å². The van der Waals surface area contributed by atoms with Gasteiger partial charge in [-0.3, -0.25) is 9.71 Å². The molecule has 0 spiro atoms. The Morgan fingerprint density at radius 3 is 2.73 bits per heavy atom. The van der Waals surface area contributed by atoms with Gasteiger partial charge in [-0.1, -0.05) is 11.1 Å². The Kier molecular flexibility index (Phi) is 4.70. The Bertz CT molecular complexity index is 1170. The summed E-state index contributed by atoms with van der Waals surface area (Å²) in [6.07, 6.45) is 5.29. The molecule has 10 nitrogen and oxygen atoms in total. The van der Waals surface area contributed by atoms with Crippen LogP contribution in [0.25, 0.3) is 11.2 Å². The van der Waals surface area contributed by atoms with Gasteiger partial charge in [0.1, 0.15) is 0 Å². The molecule has 3 aliphatic rings. The number of sulfonamides is 1. The Labute approximate surface area is 174 Å². The van der Waals surface area contributed by atoms with E-state index in [2.05, 4.69) is 35.2 Å². The molecule has 30 heavy (non-hydrogen) atoms. The summed E-state index contributed by atoms with van der Waals surface area (Å²) in [5, 5.41) is 6.82. The molecule has 11 heteroatoms. The van der Waals surface area contributed by atoms with Crippen molar-refractivity contribution in [3.63, 3.8) is 0 Å². The molecule has 3 aliphatic heterocycles. The van der Waals surface area contributed by atoms with Gasteiger partial charge >= 0.3 is 11.6 Å². The Balaban J connectivity index is 1.41. The van der Waals surface area contributed by atoms with Gasteiger partial charge in [-0.2, -0.15) is 4.98 Å². The predicted molar refractivity (Wildman–Crippen MR) is 115 cm³/mol. The van der Waals surface area contributed by atoms with E-state index in [-0.39, 0.29) is 0 Å². The van der Waals surface area contributed by atoms with Crippen LogP contribution < -0.4 is 20.3 Å². The molecule has 1 unspecified atom stereocenters. The second-order valence-corrected chi connectivity index (χ2v) is 9.77. The van der Waals surface area contributed by atoms with E-state index in [9.17, 15) is 8.42 Å². The van der Waals surface area contributed by atoms with Crippen LogP contribution in [-0.4, -0.2) is 60.2 Å². The van der Waals surface area contributed by atoms with Crippen LogP contribution in [0.2, 0.25) is 0 Å². The molecule has 0 amide bonds. The first-order chi connectivity index (χ1) is 14.4. The van der Waals surface area contributed by atoms with Crippen LogP contribution in [-0.2, 0) is 10.0 Å². The lowest BCUT2D eigenvalue weighted by Crippen LogP contribution is -2.53. The zero-order chi connectivity index (χ0) is 20.7. The van der Waals surface area contributed by atoms with E-state index in [1.54, 1.807) is 24.5 Å². The highest BCUT2D eigenvalue weighted by Crippen LogP contribution is 2.31. The second kappa shape index (κ2) is 7.40. The summed E-state index contributed by atoms with van der Waals surface area (Å²) < 4.78 is 25.5. The molecule has 0 aliphatic carbocycles. The lowest BCUT2D eigenvalue weighted by Gasteiger charge is -2.45. The van der Waals surface area contributed by atoms with Crippen LogP contribution in [0.5, 0.6) is 0 Å². The molecular weight excluding hydrogens is 404 g/mol. The first-order valence-corrected chi connectivity index (χ1v) is 11.9. The number of aromatic nitrogens is 4. The maximum Gasteiger partial charge on any atom is 0.307 e. The third-order valence-electron chi connectivity index (χ3n) is 5.73. The Morgan fingerprint density at radius 1 is 1.20 bits per heavy atom. The van der Waals surface area contributed by atoms with E-state index in [0.717, 1.165) is 24.1 Å². The number of hydrogen-bond donors (Lipinski definition) is 4. The minimum absolute atomic E-state index is 0.365. The van der Waals surface area contributed by atoms with Crippen LogP contribution in [0.1, 0.15) is 12.8 Å². The van der Waals surface area contributed by atoms with E-state index in [0.29, 0.717) is 34.9 Å². The molecule has 5 heterocycles. The number of hydrogen-bond acceptors (Lipinski definition) is 7. The van der Waals surface area contributed by atoms with E-state index in [1.807, 2.05) is 6.07 Å². The highest BCUT2D eigenvalue weighted by molar-refractivity contribution is 7.92. The van der Waals surface area contributed by atoms with Crippen molar-refractivity contribution in [2.75, 3.05) is 41.2 Å². The summed E-state index contributed by atoms with van der Waals surface area (Å²) in [6.45, 7) is 3.40. The van der Waals surface area contributed by atoms with Crippen molar-refractivity contribution in [2.24, 2.45) is 5.92 Å². The summed E-state index contributed by atoms with van der Waals surface area (Å²) in [5.41, 5.74) is 2.70. The lowest BCUT2D eigenvalue weighted by molar-refractivity contribution is -0.347. The number of rotatable bonds is 6. The average Bonchev–Trinajstić information content (AvgIpc) is 3.17. The molecular formula is C19H25N8O2S+. The zero-order valence-electron chi connectivity index (χ0n) is 16.6. The first kappa shape index (κ1) is 19.1. The summed E-state index contributed by atoms with van der Waals surface area (Å²) in [6, 6.07) is 7.36. The summed E-state index contributed by atoms with van der Waals surface area (Å²) in [7, 11) is -3.35. The van der Waals surface area contributed by atoms with Crippen molar-refractivity contribution in [1.29, 1.82) is 0 Å². The predicted octanol–water partition coefficient (Wildman–Crippen LogP) is 1.39. The number of aromatic amines is 2. The van der Waals surface area contributed by atoms with Gasteiger partial charge in [0.15, 0.2) is 12.1 Å². The third kappa shape index (κ3) is 4.03. The highest BCUT2D eigenvalue weighted by Gasteiger charge is 2.35. The Hall–Kier alpha value is -2.92. The maximum atomic E-state index is 11.5. The monoisotopic (exact) mass is 429 g/mol. The quantitative estimate of drug-likeness (QED) is 0.466. The molecule has 3 fully saturated rings. The van der Waals surface area contributed by atoms with Gasteiger partial charge in [-0.15, -0.1) is 0 Å². The zero-order valence-corrected chi connectivity index (χ0v) is 17.5. The van der Waals surface area contributed by atoms with E-state index in [1.165, 1.54) is 25.9 Å². The topological polar surface area (TPSA) is 129 Å². The molecule has 2 aromatic heterocycles. The maximum absolute atomic E-state index is 11.5. The molecule has 1 aromatic carbocycles. The van der Waals surface area contributed by atoms with Crippen molar-refractivity contribution < 1.29 is 13.4 Å². The van der Waals surface area contributed by atoms with Gasteiger partial charge < -0.3 is 15.5 Å². The summed E-state index contributed by atoms with van der Waals surface area (Å²) in [4.78, 5) is 18.0. The van der Waals surface area contributed by atoms with Crippen molar-refractivity contribution >= 4 is 44.3 Å². The minimum atomic E-state index is -3.35. The van der Waals surface area contributed by atoms with Crippen molar-refractivity contribution in [3.05, 3.63) is 30.6 Å². The number of benzene rings is 1. The molecule has 3 aromatic rings. The Morgan fingerprint density at radius 2 is 2.00 bits per heavy atom. The average molecular weight is 430 g/mol. The smallest absolute Gasteiger partial charge is 0.307 e. The summed E-state index contributed by atoms with van der Waals surface area (Å²) in [5.74, 6) is 1.85. The normalized spacial score (nSPS) is 23.4. The van der Waals surface area contributed by atoms with E-state index in [4.69, 9.17) is 4.98 Å². The van der Waals surface area contributed by atoms with Gasteiger partial charge in [0.05, 0.1) is 11.9 Å². The fourth-order valence-electron chi connectivity index (χ4n) is 4.35. The number of nitrogens with one attached hydrogen (secondary N) is 5. The van der Waals surface area contributed by atoms with Gasteiger partial charge in [0.25, 0.3) is 0 Å². The highest BCUT2D eigenvalue weighted by atomic mass is 32.2. The first-order valence-electron chi connectivity index (χ1n) is 10.0. The van der Waals surface area contributed by atoms with Crippen LogP contribution >= 0.6 is 0 Å².